The van der Waals surface area contributed by atoms with Gasteiger partial charge in [0.25, 0.3) is 0 Å². The summed E-state index contributed by atoms with van der Waals surface area (Å²) in [5.41, 5.74) is 1.26. The zero-order valence-corrected chi connectivity index (χ0v) is 13.1. The van der Waals surface area contributed by atoms with E-state index in [2.05, 4.69) is 27.2 Å². The van der Waals surface area contributed by atoms with E-state index in [-0.39, 0.29) is 6.10 Å². The summed E-state index contributed by atoms with van der Waals surface area (Å²) < 4.78 is 10.8. The summed E-state index contributed by atoms with van der Waals surface area (Å²) >= 11 is 0. The molecule has 0 radical (unpaired) electrons. The lowest BCUT2D eigenvalue weighted by atomic mass is 10.1. The molecule has 2 aliphatic rings. The molecule has 0 aromatic heterocycles. The molecule has 1 aromatic rings. The summed E-state index contributed by atoms with van der Waals surface area (Å²) in [6.07, 6.45) is -0.287. The molecule has 0 spiro atoms. The first kappa shape index (κ1) is 15.6. The summed E-state index contributed by atoms with van der Waals surface area (Å²) in [5.74, 6) is 1.69. The van der Waals surface area contributed by atoms with Gasteiger partial charge in [0.2, 0.25) is 6.79 Å². The highest BCUT2D eigenvalue weighted by atomic mass is 16.7. The number of nitrogens with one attached hydrogen (secondary N) is 1. The highest BCUT2D eigenvalue weighted by Gasteiger charge is 2.20. The molecular formula is C16H25N3O3. The minimum Gasteiger partial charge on any atom is -0.454 e. The minimum absolute atomic E-state index is 0.287. The van der Waals surface area contributed by atoms with Gasteiger partial charge in [0.15, 0.2) is 11.5 Å². The maximum Gasteiger partial charge on any atom is 0.231 e. The highest BCUT2D eigenvalue weighted by Crippen LogP contribution is 2.32. The summed E-state index contributed by atoms with van der Waals surface area (Å²) in [7, 11) is 1.87. The second-order valence-corrected chi connectivity index (χ2v) is 5.98. The molecule has 2 heterocycles. The Hall–Kier alpha value is -1.34. The zero-order valence-electron chi connectivity index (χ0n) is 13.1. The molecule has 1 fully saturated rings. The normalized spacial score (nSPS) is 20.3. The Labute approximate surface area is 131 Å². The topological polar surface area (TPSA) is 57.2 Å². The maximum absolute atomic E-state index is 9.85. The molecule has 0 aliphatic carbocycles. The van der Waals surface area contributed by atoms with Crippen LogP contribution in [0, 0.1) is 0 Å². The van der Waals surface area contributed by atoms with E-state index < -0.39 is 0 Å². The van der Waals surface area contributed by atoms with E-state index in [0.29, 0.717) is 13.3 Å². The van der Waals surface area contributed by atoms with E-state index in [1.165, 1.54) is 5.56 Å². The van der Waals surface area contributed by atoms with Crippen LogP contribution in [0.3, 0.4) is 0 Å². The molecule has 0 bridgehead atoms. The predicted octanol–water partition coefficient (Wildman–Crippen LogP) is 0.113. The van der Waals surface area contributed by atoms with Gasteiger partial charge in [0, 0.05) is 45.8 Å². The highest BCUT2D eigenvalue weighted by molar-refractivity contribution is 5.44. The van der Waals surface area contributed by atoms with Crippen LogP contribution >= 0.6 is 0 Å². The van der Waals surface area contributed by atoms with Crippen molar-refractivity contribution in [2.45, 2.75) is 12.6 Å². The standard InChI is InChI=1S/C16H25N3O3/c1-17-9-14(20)11-19-6-4-18(5-7-19)10-13-2-3-15-16(8-13)22-12-21-15/h2-3,8,14,17,20H,4-7,9-12H2,1H3. The smallest absolute Gasteiger partial charge is 0.231 e. The van der Waals surface area contributed by atoms with Crippen molar-refractivity contribution in [3.63, 3.8) is 0 Å². The zero-order chi connectivity index (χ0) is 15.4. The van der Waals surface area contributed by atoms with Gasteiger partial charge in [-0.05, 0) is 24.7 Å². The molecule has 122 valence electrons. The molecule has 2 N–H and O–H groups in total. The maximum atomic E-state index is 9.85. The summed E-state index contributed by atoms with van der Waals surface area (Å²) in [6.45, 7) is 6.73. The fourth-order valence-corrected chi connectivity index (χ4v) is 3.03. The number of benzene rings is 1. The first-order chi connectivity index (χ1) is 10.7. The monoisotopic (exact) mass is 307 g/mol. The van der Waals surface area contributed by atoms with Gasteiger partial charge in [0.1, 0.15) is 0 Å². The molecule has 1 unspecified atom stereocenters. The van der Waals surface area contributed by atoms with Gasteiger partial charge in [-0.3, -0.25) is 9.80 Å². The van der Waals surface area contributed by atoms with Gasteiger partial charge in [-0.1, -0.05) is 6.07 Å². The lowest BCUT2D eigenvalue weighted by Crippen LogP contribution is -2.49. The molecular weight excluding hydrogens is 282 g/mol. The molecule has 1 atom stereocenters. The molecule has 0 amide bonds. The third-order valence-corrected chi connectivity index (χ3v) is 4.22. The van der Waals surface area contributed by atoms with E-state index in [0.717, 1.165) is 50.8 Å². The summed E-state index contributed by atoms with van der Waals surface area (Å²) in [5, 5.41) is 12.9. The number of hydrogen-bond donors (Lipinski definition) is 2. The number of likely N-dealkylation sites (N-methyl/N-ethyl adjacent to an activating group) is 1. The number of nitrogens with zero attached hydrogens (tertiary/aromatic N) is 2. The Morgan fingerprint density at radius 2 is 1.86 bits per heavy atom. The average Bonchev–Trinajstić information content (AvgIpc) is 2.97. The summed E-state index contributed by atoms with van der Waals surface area (Å²) in [4.78, 5) is 4.77. The Morgan fingerprint density at radius 3 is 2.64 bits per heavy atom. The van der Waals surface area contributed by atoms with Crippen molar-refractivity contribution in [2.75, 3.05) is 53.1 Å². The summed E-state index contributed by atoms with van der Waals surface area (Å²) in [6, 6.07) is 6.17. The van der Waals surface area contributed by atoms with Crippen molar-refractivity contribution < 1.29 is 14.6 Å². The van der Waals surface area contributed by atoms with Crippen LogP contribution in [-0.4, -0.2) is 74.1 Å². The number of β-amino-alcohol motifs (C(OH)–C–C–N with tert-alkyl or cyclic N) is 1. The minimum atomic E-state index is -0.287. The largest absolute Gasteiger partial charge is 0.454 e. The fraction of sp³-hybridized carbons (Fsp3) is 0.625. The van der Waals surface area contributed by atoms with Crippen LogP contribution in [0.5, 0.6) is 11.5 Å². The van der Waals surface area contributed by atoms with E-state index in [1.807, 2.05) is 13.1 Å². The van der Waals surface area contributed by atoms with Crippen molar-refractivity contribution in [1.82, 2.24) is 15.1 Å². The number of fused-ring (bicyclic) bond motifs is 1. The van der Waals surface area contributed by atoms with Crippen LogP contribution in [-0.2, 0) is 6.54 Å². The number of hydrogen-bond acceptors (Lipinski definition) is 6. The van der Waals surface area contributed by atoms with Crippen molar-refractivity contribution >= 4 is 0 Å². The SMILES string of the molecule is CNCC(O)CN1CCN(Cc2ccc3c(c2)OCO3)CC1. The number of ether oxygens (including phenoxy) is 2. The average molecular weight is 307 g/mol. The molecule has 1 aromatic carbocycles. The van der Waals surface area contributed by atoms with Crippen LogP contribution in [0.2, 0.25) is 0 Å². The number of piperazine rings is 1. The Kier molecular flexibility index (Phi) is 5.15. The fourth-order valence-electron chi connectivity index (χ4n) is 3.03. The van der Waals surface area contributed by atoms with Crippen LogP contribution < -0.4 is 14.8 Å². The quantitative estimate of drug-likeness (QED) is 0.778. The molecule has 0 saturated carbocycles. The van der Waals surface area contributed by atoms with E-state index in [9.17, 15) is 5.11 Å². The van der Waals surface area contributed by atoms with Crippen LogP contribution in [0.4, 0.5) is 0 Å². The molecule has 1 saturated heterocycles. The van der Waals surface area contributed by atoms with E-state index >= 15 is 0 Å². The third-order valence-electron chi connectivity index (χ3n) is 4.22. The number of rotatable bonds is 6. The molecule has 6 heteroatoms. The van der Waals surface area contributed by atoms with Crippen molar-refractivity contribution in [3.05, 3.63) is 23.8 Å². The predicted molar refractivity (Wildman–Crippen MR) is 84.2 cm³/mol. The molecule has 2 aliphatic heterocycles. The van der Waals surface area contributed by atoms with Gasteiger partial charge in [-0.15, -0.1) is 0 Å². The second kappa shape index (κ2) is 7.28. The van der Waals surface area contributed by atoms with Crippen LogP contribution in [0.25, 0.3) is 0 Å². The number of aliphatic hydroxyl groups excluding tert-OH is 1. The lowest BCUT2D eigenvalue weighted by molar-refractivity contribution is 0.0710. The van der Waals surface area contributed by atoms with Crippen LogP contribution in [0.1, 0.15) is 5.56 Å². The van der Waals surface area contributed by atoms with Gasteiger partial charge >= 0.3 is 0 Å². The Morgan fingerprint density at radius 1 is 1.14 bits per heavy atom. The first-order valence-corrected chi connectivity index (χ1v) is 7.90. The third kappa shape index (κ3) is 3.89. The molecule has 3 rings (SSSR count). The van der Waals surface area contributed by atoms with Crippen molar-refractivity contribution in [2.24, 2.45) is 0 Å². The lowest BCUT2D eigenvalue weighted by Gasteiger charge is -2.35. The Balaban J connectivity index is 1.46. The van der Waals surface area contributed by atoms with Crippen LogP contribution in [0.15, 0.2) is 18.2 Å². The second-order valence-electron chi connectivity index (χ2n) is 5.98. The van der Waals surface area contributed by atoms with Crippen molar-refractivity contribution in [1.29, 1.82) is 0 Å². The van der Waals surface area contributed by atoms with Gasteiger partial charge in [0.05, 0.1) is 6.10 Å². The number of aliphatic hydroxyl groups is 1. The van der Waals surface area contributed by atoms with E-state index in [4.69, 9.17) is 9.47 Å². The molecule has 6 nitrogen and oxygen atoms in total. The van der Waals surface area contributed by atoms with Gasteiger partial charge < -0.3 is 19.9 Å². The van der Waals surface area contributed by atoms with Gasteiger partial charge in [-0.2, -0.15) is 0 Å². The van der Waals surface area contributed by atoms with Crippen molar-refractivity contribution in [3.8, 4) is 11.5 Å². The first-order valence-electron chi connectivity index (χ1n) is 7.90. The van der Waals surface area contributed by atoms with E-state index in [1.54, 1.807) is 0 Å². The Bertz CT molecular complexity index is 490. The molecule has 22 heavy (non-hydrogen) atoms. The van der Waals surface area contributed by atoms with Gasteiger partial charge in [-0.25, -0.2) is 0 Å².